The fourth-order valence-electron chi connectivity index (χ4n) is 2.85. The van der Waals surface area contributed by atoms with Gasteiger partial charge in [0.1, 0.15) is 0 Å². The number of halogens is 1. The number of nitrogens with zero attached hydrogens (tertiary/aromatic N) is 1. The largest absolute Gasteiger partial charge is 0.261 e. The molecule has 4 nitrogen and oxygen atoms in total. The molecule has 0 spiro atoms. The first-order valence-electron chi connectivity index (χ1n) is 7.54. The lowest BCUT2D eigenvalue weighted by molar-refractivity contribution is 0.263. The highest BCUT2D eigenvalue weighted by Crippen LogP contribution is 2.30. The van der Waals surface area contributed by atoms with Crippen molar-refractivity contribution in [1.29, 1.82) is 0 Å². The number of aryl methyl sites for hydroxylation is 1. The number of aromatic nitrogens is 1. The van der Waals surface area contributed by atoms with Crippen molar-refractivity contribution >= 4 is 26.0 Å². The van der Waals surface area contributed by atoms with E-state index in [0.29, 0.717) is 24.8 Å². The minimum atomic E-state index is -3.22. The second-order valence-electron chi connectivity index (χ2n) is 5.70. The zero-order valence-electron chi connectivity index (χ0n) is 12.2. The lowest BCUT2D eigenvalue weighted by Crippen LogP contribution is -2.36. The molecule has 1 aromatic heterocycles. The molecule has 2 rings (SSSR count). The van der Waals surface area contributed by atoms with Crippen molar-refractivity contribution in [2.45, 2.75) is 32.1 Å². The maximum absolute atomic E-state index is 12.1. The monoisotopic (exact) mass is 374 g/mol. The van der Waals surface area contributed by atoms with Crippen LogP contribution in [0.15, 0.2) is 24.4 Å². The molecular weight excluding hydrogens is 352 g/mol. The molecule has 2 atom stereocenters. The second kappa shape index (κ2) is 8.25. The first kappa shape index (κ1) is 16.9. The Bertz CT molecular complexity index is 522. The van der Waals surface area contributed by atoms with Crippen molar-refractivity contribution in [3.8, 4) is 0 Å². The minimum Gasteiger partial charge on any atom is -0.261 e. The highest BCUT2D eigenvalue weighted by atomic mass is 79.9. The summed E-state index contributed by atoms with van der Waals surface area (Å²) in [6, 6.07) is 5.57. The molecule has 1 N–H and O–H groups in total. The fraction of sp³-hybridized carbons (Fsp3) is 0.667. The average Bonchev–Trinajstić information content (AvgIpc) is 2.52. The van der Waals surface area contributed by atoms with Crippen LogP contribution in [0.25, 0.3) is 0 Å². The van der Waals surface area contributed by atoms with Crippen molar-refractivity contribution in [2.24, 2.45) is 11.8 Å². The van der Waals surface area contributed by atoms with Crippen molar-refractivity contribution < 1.29 is 8.42 Å². The SMILES string of the molecule is O=S(=O)(CCc1ccccn1)NCC1CCCCC1CBr. The van der Waals surface area contributed by atoms with E-state index in [1.807, 2.05) is 18.2 Å². The average molecular weight is 375 g/mol. The van der Waals surface area contributed by atoms with Crippen LogP contribution >= 0.6 is 15.9 Å². The standard InChI is InChI=1S/C15H23BrN2O2S/c16-11-13-5-1-2-6-14(13)12-18-21(19,20)10-8-15-7-3-4-9-17-15/h3-4,7,9,13-14,18H,1-2,5-6,8,10-12H2. The second-order valence-corrected chi connectivity index (χ2v) is 8.27. The summed E-state index contributed by atoms with van der Waals surface area (Å²) >= 11 is 3.55. The summed E-state index contributed by atoms with van der Waals surface area (Å²) < 4.78 is 27.0. The number of alkyl halides is 1. The quantitative estimate of drug-likeness (QED) is 0.746. The third kappa shape index (κ3) is 5.68. The summed E-state index contributed by atoms with van der Waals surface area (Å²) in [6.07, 6.45) is 6.95. The number of nitrogens with one attached hydrogen (secondary N) is 1. The van der Waals surface area contributed by atoms with Crippen LogP contribution in [-0.2, 0) is 16.4 Å². The summed E-state index contributed by atoms with van der Waals surface area (Å²) in [6.45, 7) is 0.570. The Labute approximate surface area is 135 Å². The number of rotatable bonds is 7. The molecule has 21 heavy (non-hydrogen) atoms. The summed E-state index contributed by atoms with van der Waals surface area (Å²) in [4.78, 5) is 4.16. The molecule has 0 radical (unpaired) electrons. The van der Waals surface area contributed by atoms with Gasteiger partial charge in [-0.15, -0.1) is 0 Å². The Morgan fingerprint density at radius 3 is 2.67 bits per heavy atom. The lowest BCUT2D eigenvalue weighted by Gasteiger charge is -2.30. The normalized spacial score (nSPS) is 23.1. The van der Waals surface area contributed by atoms with E-state index >= 15 is 0 Å². The van der Waals surface area contributed by atoms with Crippen LogP contribution < -0.4 is 4.72 Å². The van der Waals surface area contributed by atoms with Gasteiger partial charge < -0.3 is 0 Å². The van der Waals surface area contributed by atoms with E-state index < -0.39 is 10.0 Å². The maximum Gasteiger partial charge on any atom is 0.211 e. The summed E-state index contributed by atoms with van der Waals surface area (Å²) in [7, 11) is -3.22. The van der Waals surface area contributed by atoms with Gasteiger partial charge in [-0.05, 0) is 36.8 Å². The molecular formula is C15H23BrN2O2S. The highest BCUT2D eigenvalue weighted by Gasteiger charge is 2.25. The van der Waals surface area contributed by atoms with Gasteiger partial charge in [-0.25, -0.2) is 13.1 Å². The Hall–Kier alpha value is -0.460. The van der Waals surface area contributed by atoms with E-state index in [0.717, 1.165) is 17.4 Å². The smallest absolute Gasteiger partial charge is 0.211 e. The molecule has 2 unspecified atom stereocenters. The van der Waals surface area contributed by atoms with E-state index in [9.17, 15) is 8.42 Å². The molecule has 0 saturated heterocycles. The number of pyridine rings is 1. The summed E-state index contributed by atoms with van der Waals surface area (Å²) in [5, 5.41) is 0.966. The predicted octanol–water partition coefficient (Wildman–Crippen LogP) is 2.74. The molecule has 1 aromatic rings. The molecule has 118 valence electrons. The molecule has 0 bridgehead atoms. The van der Waals surface area contributed by atoms with E-state index in [4.69, 9.17) is 0 Å². The topological polar surface area (TPSA) is 59.1 Å². The lowest BCUT2D eigenvalue weighted by atomic mass is 9.80. The van der Waals surface area contributed by atoms with Gasteiger partial charge in [0.15, 0.2) is 0 Å². The minimum absolute atomic E-state index is 0.107. The molecule has 1 heterocycles. The van der Waals surface area contributed by atoms with Gasteiger partial charge in [-0.2, -0.15) is 0 Å². The highest BCUT2D eigenvalue weighted by molar-refractivity contribution is 9.09. The van der Waals surface area contributed by atoms with Gasteiger partial charge in [0.25, 0.3) is 0 Å². The van der Waals surface area contributed by atoms with Crippen LogP contribution in [0.5, 0.6) is 0 Å². The van der Waals surface area contributed by atoms with Crippen LogP contribution in [0, 0.1) is 11.8 Å². The van der Waals surface area contributed by atoms with Gasteiger partial charge in [0, 0.05) is 30.2 Å². The van der Waals surface area contributed by atoms with Gasteiger partial charge in [0.2, 0.25) is 10.0 Å². The first-order valence-corrected chi connectivity index (χ1v) is 10.3. The van der Waals surface area contributed by atoms with Crippen molar-refractivity contribution in [3.05, 3.63) is 30.1 Å². The molecule has 1 fully saturated rings. The molecule has 0 aliphatic heterocycles. The summed E-state index contributed by atoms with van der Waals surface area (Å²) in [5.74, 6) is 1.16. The predicted molar refractivity (Wildman–Crippen MR) is 89.0 cm³/mol. The number of hydrogen-bond acceptors (Lipinski definition) is 3. The van der Waals surface area contributed by atoms with Crippen LogP contribution in [0.2, 0.25) is 0 Å². The Kier molecular flexibility index (Phi) is 6.64. The van der Waals surface area contributed by atoms with Crippen LogP contribution in [0.1, 0.15) is 31.4 Å². The molecule has 1 saturated carbocycles. The maximum atomic E-state index is 12.1. The Morgan fingerprint density at radius 2 is 2.00 bits per heavy atom. The molecule has 1 aliphatic carbocycles. The Morgan fingerprint density at radius 1 is 1.24 bits per heavy atom. The fourth-order valence-corrected chi connectivity index (χ4v) is 4.79. The zero-order valence-corrected chi connectivity index (χ0v) is 14.6. The van der Waals surface area contributed by atoms with E-state index in [1.165, 1.54) is 19.3 Å². The van der Waals surface area contributed by atoms with Crippen LogP contribution in [-0.4, -0.2) is 31.0 Å². The molecule has 0 aromatic carbocycles. The van der Waals surface area contributed by atoms with Crippen molar-refractivity contribution in [1.82, 2.24) is 9.71 Å². The van der Waals surface area contributed by atoms with Gasteiger partial charge in [-0.3, -0.25) is 4.98 Å². The molecule has 6 heteroatoms. The van der Waals surface area contributed by atoms with Crippen molar-refractivity contribution in [2.75, 3.05) is 17.6 Å². The number of sulfonamides is 1. The Balaban J connectivity index is 1.80. The van der Waals surface area contributed by atoms with Gasteiger partial charge in [-0.1, -0.05) is 34.8 Å². The number of hydrogen-bond donors (Lipinski definition) is 1. The van der Waals surface area contributed by atoms with E-state index in [2.05, 4.69) is 25.6 Å². The third-order valence-corrected chi connectivity index (χ3v) is 6.36. The molecule has 0 amide bonds. The van der Waals surface area contributed by atoms with Crippen LogP contribution in [0.4, 0.5) is 0 Å². The van der Waals surface area contributed by atoms with E-state index in [1.54, 1.807) is 6.20 Å². The zero-order chi connectivity index (χ0) is 15.1. The van der Waals surface area contributed by atoms with Gasteiger partial charge >= 0.3 is 0 Å². The summed E-state index contributed by atoms with van der Waals surface area (Å²) in [5.41, 5.74) is 0.818. The van der Waals surface area contributed by atoms with Gasteiger partial charge in [0.05, 0.1) is 5.75 Å². The van der Waals surface area contributed by atoms with Crippen LogP contribution in [0.3, 0.4) is 0 Å². The van der Waals surface area contributed by atoms with Crippen molar-refractivity contribution in [3.63, 3.8) is 0 Å². The third-order valence-electron chi connectivity index (χ3n) is 4.18. The molecule has 1 aliphatic rings. The first-order chi connectivity index (χ1) is 10.1. The van der Waals surface area contributed by atoms with E-state index in [-0.39, 0.29) is 5.75 Å².